The van der Waals surface area contributed by atoms with Crippen molar-refractivity contribution < 1.29 is 9.53 Å². The topological polar surface area (TPSA) is 51.2 Å². The normalized spacial score (nSPS) is 8.87. The van der Waals surface area contributed by atoms with Gasteiger partial charge in [-0.1, -0.05) is 6.07 Å². The molecule has 0 aromatic carbocycles. The molecule has 0 radical (unpaired) electrons. The number of carbonyl (C=O) groups excluding carboxylic acids is 1. The van der Waals surface area contributed by atoms with E-state index in [1.165, 1.54) is 0 Å². The van der Waals surface area contributed by atoms with Crippen molar-refractivity contribution >= 4 is 28.8 Å². The fourth-order valence-electron chi connectivity index (χ4n) is 0.993. The molecule has 1 aromatic rings. The molecule has 0 atom stereocenters. The number of nitrogens with one attached hydrogen (secondary N) is 1. The van der Waals surface area contributed by atoms with Crippen LogP contribution in [0.15, 0.2) is 24.4 Å². The number of anilines is 1. The van der Waals surface area contributed by atoms with E-state index in [1.54, 1.807) is 13.1 Å². The van der Waals surface area contributed by atoms with Gasteiger partial charge in [0.15, 0.2) is 0 Å². The Labute approximate surface area is 99.8 Å². The highest BCUT2D eigenvalue weighted by atomic mass is 79.9. The minimum atomic E-state index is -0.184. The quantitative estimate of drug-likeness (QED) is 0.835. The second-order valence-corrected chi connectivity index (χ2v) is 2.70. The summed E-state index contributed by atoms with van der Waals surface area (Å²) in [6, 6.07) is 5.58. The molecule has 1 N–H and O–H groups in total. The summed E-state index contributed by atoms with van der Waals surface area (Å²) in [5.74, 6) is 0.590. The molecule has 1 rings (SSSR count). The number of rotatable bonds is 5. The summed E-state index contributed by atoms with van der Waals surface area (Å²) in [4.78, 5) is 15.0. The van der Waals surface area contributed by atoms with Gasteiger partial charge in [-0.05, 0) is 19.1 Å². The van der Waals surface area contributed by atoms with Gasteiger partial charge in [-0.3, -0.25) is 4.79 Å². The molecule has 1 aromatic heterocycles. The summed E-state index contributed by atoms with van der Waals surface area (Å²) in [6.45, 7) is 2.78. The van der Waals surface area contributed by atoms with E-state index in [2.05, 4.69) is 10.3 Å². The van der Waals surface area contributed by atoms with Gasteiger partial charge in [0.25, 0.3) is 0 Å². The van der Waals surface area contributed by atoms with E-state index in [0.717, 1.165) is 5.82 Å². The van der Waals surface area contributed by atoms with E-state index in [9.17, 15) is 4.79 Å². The molecule has 0 aliphatic rings. The molecule has 0 spiro atoms. The van der Waals surface area contributed by atoms with Gasteiger partial charge in [0.05, 0.1) is 13.0 Å². The lowest BCUT2D eigenvalue weighted by Gasteiger charge is -2.04. The molecule has 0 fully saturated rings. The smallest absolute Gasteiger partial charge is 0.307 e. The van der Waals surface area contributed by atoms with Crippen LogP contribution in [0.25, 0.3) is 0 Å². The molecule has 1 heterocycles. The van der Waals surface area contributed by atoms with E-state index < -0.39 is 0 Å². The molecule has 0 amide bonds. The minimum absolute atomic E-state index is 0. The zero-order valence-electron chi connectivity index (χ0n) is 8.60. The lowest BCUT2D eigenvalue weighted by molar-refractivity contribution is -0.142. The molecule has 0 saturated carbocycles. The van der Waals surface area contributed by atoms with E-state index in [-0.39, 0.29) is 23.0 Å². The van der Waals surface area contributed by atoms with E-state index in [0.29, 0.717) is 19.6 Å². The van der Waals surface area contributed by atoms with Crippen LogP contribution in [0, 0.1) is 0 Å². The Morgan fingerprint density at radius 3 is 2.93 bits per heavy atom. The zero-order valence-corrected chi connectivity index (χ0v) is 10.3. The van der Waals surface area contributed by atoms with Gasteiger partial charge in [-0.15, -0.1) is 17.0 Å². The first-order valence-electron chi connectivity index (χ1n) is 4.63. The summed E-state index contributed by atoms with van der Waals surface area (Å²) < 4.78 is 4.78. The van der Waals surface area contributed by atoms with Crippen molar-refractivity contribution in [1.82, 2.24) is 4.98 Å². The van der Waals surface area contributed by atoms with Crippen LogP contribution in [0.5, 0.6) is 0 Å². The van der Waals surface area contributed by atoms with Crippen LogP contribution < -0.4 is 5.32 Å². The van der Waals surface area contributed by atoms with E-state index in [4.69, 9.17) is 4.74 Å². The second-order valence-electron chi connectivity index (χ2n) is 2.70. The van der Waals surface area contributed by atoms with Crippen LogP contribution in [0.3, 0.4) is 0 Å². The predicted molar refractivity (Wildman–Crippen MR) is 64.3 cm³/mol. The molecule has 4 nitrogen and oxygen atoms in total. The highest BCUT2D eigenvalue weighted by molar-refractivity contribution is 8.93. The van der Waals surface area contributed by atoms with Gasteiger partial charge in [0, 0.05) is 12.7 Å². The summed E-state index contributed by atoms with van der Waals surface area (Å²) in [5.41, 5.74) is 0. The molecule has 84 valence electrons. The Balaban J connectivity index is 0.00000196. The highest BCUT2D eigenvalue weighted by Gasteiger charge is 2.00. The van der Waals surface area contributed by atoms with Gasteiger partial charge in [-0.2, -0.15) is 0 Å². The monoisotopic (exact) mass is 274 g/mol. The van der Waals surface area contributed by atoms with E-state index in [1.807, 2.05) is 18.2 Å². The first kappa shape index (κ1) is 13.9. The molecule has 0 saturated heterocycles. The second kappa shape index (κ2) is 8.23. The summed E-state index contributed by atoms with van der Waals surface area (Å²) >= 11 is 0. The number of aromatic nitrogens is 1. The standard InChI is InChI=1S/C10H14N2O2.BrH/c1-2-14-10(13)6-8-12-9-5-3-4-7-11-9;/h3-5,7H,2,6,8H2,1H3,(H,11,12);1H. The number of pyridine rings is 1. The number of hydrogen-bond acceptors (Lipinski definition) is 4. The molecule has 0 unspecified atom stereocenters. The Morgan fingerprint density at radius 2 is 2.33 bits per heavy atom. The van der Waals surface area contributed by atoms with Gasteiger partial charge in [0.2, 0.25) is 0 Å². The molecule has 0 aliphatic carbocycles. The van der Waals surface area contributed by atoms with Crippen LogP contribution >= 0.6 is 17.0 Å². The van der Waals surface area contributed by atoms with Crippen molar-refractivity contribution in [3.63, 3.8) is 0 Å². The van der Waals surface area contributed by atoms with Crippen molar-refractivity contribution in [2.45, 2.75) is 13.3 Å². The molecular formula is C10H15BrN2O2. The minimum Gasteiger partial charge on any atom is -0.466 e. The molecule has 0 bridgehead atoms. The van der Waals surface area contributed by atoms with E-state index >= 15 is 0 Å². The predicted octanol–water partition coefficient (Wildman–Crippen LogP) is 2.02. The van der Waals surface area contributed by atoms with Crippen LogP contribution in [-0.4, -0.2) is 24.1 Å². The summed E-state index contributed by atoms with van der Waals surface area (Å²) in [5, 5.41) is 3.02. The maximum atomic E-state index is 11.0. The van der Waals surface area contributed by atoms with Crippen molar-refractivity contribution in [2.75, 3.05) is 18.5 Å². The lowest BCUT2D eigenvalue weighted by atomic mass is 10.4. The summed E-state index contributed by atoms with van der Waals surface area (Å²) in [7, 11) is 0. The maximum absolute atomic E-state index is 11.0. The van der Waals surface area contributed by atoms with Crippen molar-refractivity contribution in [1.29, 1.82) is 0 Å². The number of esters is 1. The fraction of sp³-hybridized carbons (Fsp3) is 0.400. The molecule has 0 aliphatic heterocycles. The SMILES string of the molecule is Br.CCOC(=O)CCNc1ccccn1. The maximum Gasteiger partial charge on any atom is 0.307 e. The van der Waals surface area contributed by atoms with Crippen molar-refractivity contribution in [2.24, 2.45) is 0 Å². The third-order valence-electron chi connectivity index (χ3n) is 1.61. The largest absolute Gasteiger partial charge is 0.466 e. The Kier molecular flexibility index (Phi) is 7.62. The molecule has 15 heavy (non-hydrogen) atoms. The number of ether oxygens (including phenoxy) is 1. The van der Waals surface area contributed by atoms with Crippen LogP contribution in [0.4, 0.5) is 5.82 Å². The number of nitrogens with zero attached hydrogens (tertiary/aromatic N) is 1. The average Bonchev–Trinajstić information content (AvgIpc) is 2.20. The first-order chi connectivity index (χ1) is 6.83. The number of halogens is 1. The van der Waals surface area contributed by atoms with Crippen LogP contribution in [0.1, 0.15) is 13.3 Å². The van der Waals surface area contributed by atoms with Gasteiger partial charge in [-0.25, -0.2) is 4.98 Å². The number of hydrogen-bond donors (Lipinski definition) is 1. The zero-order chi connectivity index (χ0) is 10.2. The Hall–Kier alpha value is -1.10. The highest BCUT2D eigenvalue weighted by Crippen LogP contribution is 1.99. The number of carbonyl (C=O) groups is 1. The third-order valence-corrected chi connectivity index (χ3v) is 1.61. The van der Waals surface area contributed by atoms with Crippen LogP contribution in [-0.2, 0) is 9.53 Å². The van der Waals surface area contributed by atoms with Gasteiger partial charge >= 0.3 is 5.97 Å². The third kappa shape index (κ3) is 6.06. The van der Waals surface area contributed by atoms with Crippen LogP contribution in [0.2, 0.25) is 0 Å². The fourth-order valence-corrected chi connectivity index (χ4v) is 0.993. The van der Waals surface area contributed by atoms with Gasteiger partial charge in [0.1, 0.15) is 5.82 Å². The molecular weight excluding hydrogens is 260 g/mol. The first-order valence-corrected chi connectivity index (χ1v) is 4.63. The Bertz CT molecular complexity index is 280. The van der Waals surface area contributed by atoms with Crippen molar-refractivity contribution in [3.05, 3.63) is 24.4 Å². The Morgan fingerprint density at radius 1 is 1.53 bits per heavy atom. The molecule has 5 heteroatoms. The van der Waals surface area contributed by atoms with Gasteiger partial charge < -0.3 is 10.1 Å². The van der Waals surface area contributed by atoms with Crippen molar-refractivity contribution in [3.8, 4) is 0 Å². The average molecular weight is 275 g/mol. The summed E-state index contributed by atoms with van der Waals surface area (Å²) in [6.07, 6.45) is 2.07. The lowest BCUT2D eigenvalue weighted by Crippen LogP contribution is -2.11.